The minimum atomic E-state index is -0.320. The molecule has 4 rings (SSSR count). The molecule has 27 heavy (non-hydrogen) atoms. The standard InChI is InChI=1S/C22H20N2O3/c1-3-27-14-16-13-19-20(22(26)24(16)15-9-5-4-6-10-15)21(25)17-11-7-8-12-18(17)23(19)2/h4-13H,3,14H2,1-2H3. The average molecular weight is 360 g/mol. The van der Waals surface area contributed by atoms with Gasteiger partial charge < -0.3 is 9.30 Å². The van der Waals surface area contributed by atoms with Gasteiger partial charge in [0.2, 0.25) is 5.43 Å². The van der Waals surface area contributed by atoms with E-state index in [2.05, 4.69) is 0 Å². The number of hydrogen-bond acceptors (Lipinski definition) is 3. The largest absolute Gasteiger partial charge is 0.376 e. The lowest BCUT2D eigenvalue weighted by Crippen LogP contribution is -2.28. The van der Waals surface area contributed by atoms with Crippen LogP contribution in [-0.4, -0.2) is 15.7 Å². The normalized spacial score (nSPS) is 11.3. The Hall–Kier alpha value is -3.18. The molecule has 0 aliphatic heterocycles. The molecular formula is C22H20N2O3. The van der Waals surface area contributed by atoms with Gasteiger partial charge in [-0.05, 0) is 37.3 Å². The number of rotatable bonds is 4. The van der Waals surface area contributed by atoms with Gasteiger partial charge >= 0.3 is 0 Å². The summed E-state index contributed by atoms with van der Waals surface area (Å²) < 4.78 is 9.07. The summed E-state index contributed by atoms with van der Waals surface area (Å²) in [6.45, 7) is 2.74. The third-order valence-corrected chi connectivity index (χ3v) is 4.83. The highest BCUT2D eigenvalue weighted by molar-refractivity contribution is 5.93. The highest BCUT2D eigenvalue weighted by atomic mass is 16.5. The molecule has 5 heteroatoms. The number of aryl methyl sites for hydroxylation is 1. The van der Waals surface area contributed by atoms with E-state index >= 15 is 0 Å². The average Bonchev–Trinajstić information content (AvgIpc) is 2.70. The molecule has 0 saturated carbocycles. The van der Waals surface area contributed by atoms with Crippen molar-refractivity contribution in [3.8, 4) is 5.69 Å². The van der Waals surface area contributed by atoms with E-state index in [1.165, 1.54) is 0 Å². The van der Waals surface area contributed by atoms with Crippen LogP contribution in [0.2, 0.25) is 0 Å². The van der Waals surface area contributed by atoms with Crippen molar-refractivity contribution in [2.24, 2.45) is 7.05 Å². The van der Waals surface area contributed by atoms with Crippen LogP contribution in [0.15, 0.2) is 70.3 Å². The monoisotopic (exact) mass is 360 g/mol. The quantitative estimate of drug-likeness (QED) is 0.524. The van der Waals surface area contributed by atoms with E-state index in [9.17, 15) is 9.59 Å². The second-order valence-corrected chi connectivity index (χ2v) is 6.41. The van der Waals surface area contributed by atoms with Crippen molar-refractivity contribution in [1.29, 1.82) is 0 Å². The van der Waals surface area contributed by atoms with Gasteiger partial charge in [-0.15, -0.1) is 0 Å². The molecule has 136 valence electrons. The van der Waals surface area contributed by atoms with Gasteiger partial charge in [0.25, 0.3) is 5.56 Å². The van der Waals surface area contributed by atoms with E-state index < -0.39 is 0 Å². The summed E-state index contributed by atoms with van der Waals surface area (Å²) in [7, 11) is 1.88. The molecule has 0 unspecified atom stereocenters. The zero-order chi connectivity index (χ0) is 19.0. The Balaban J connectivity index is 2.18. The van der Waals surface area contributed by atoms with Crippen molar-refractivity contribution in [3.63, 3.8) is 0 Å². The van der Waals surface area contributed by atoms with Crippen molar-refractivity contribution in [1.82, 2.24) is 9.13 Å². The lowest BCUT2D eigenvalue weighted by molar-refractivity contribution is 0.129. The van der Waals surface area contributed by atoms with Crippen LogP contribution in [0.5, 0.6) is 0 Å². The van der Waals surface area contributed by atoms with Crippen LogP contribution in [-0.2, 0) is 18.4 Å². The first kappa shape index (κ1) is 17.2. The lowest BCUT2D eigenvalue weighted by Gasteiger charge is -2.17. The van der Waals surface area contributed by atoms with E-state index in [1.54, 1.807) is 10.6 Å². The van der Waals surface area contributed by atoms with Crippen LogP contribution in [0.1, 0.15) is 12.6 Å². The number of para-hydroxylation sites is 2. The predicted octanol–water partition coefficient (Wildman–Crippen LogP) is 3.38. The third kappa shape index (κ3) is 2.76. The molecule has 0 atom stereocenters. The Morgan fingerprint density at radius 1 is 0.926 bits per heavy atom. The predicted molar refractivity (Wildman–Crippen MR) is 108 cm³/mol. The van der Waals surface area contributed by atoms with Gasteiger partial charge in [-0.2, -0.15) is 0 Å². The van der Waals surface area contributed by atoms with Crippen LogP contribution in [0.4, 0.5) is 0 Å². The van der Waals surface area contributed by atoms with Gasteiger partial charge in [-0.25, -0.2) is 0 Å². The van der Waals surface area contributed by atoms with E-state index in [0.29, 0.717) is 28.9 Å². The molecule has 5 nitrogen and oxygen atoms in total. The number of hydrogen-bond donors (Lipinski definition) is 0. The van der Waals surface area contributed by atoms with Crippen LogP contribution in [0.3, 0.4) is 0 Å². The second-order valence-electron chi connectivity index (χ2n) is 6.41. The number of ether oxygens (including phenoxy) is 1. The first-order valence-corrected chi connectivity index (χ1v) is 8.93. The zero-order valence-corrected chi connectivity index (χ0v) is 15.3. The van der Waals surface area contributed by atoms with Gasteiger partial charge in [0.15, 0.2) is 0 Å². The smallest absolute Gasteiger partial charge is 0.268 e. The molecule has 0 aliphatic carbocycles. The minimum absolute atomic E-state index is 0.195. The molecule has 0 amide bonds. The topological polar surface area (TPSA) is 53.2 Å². The molecule has 0 fully saturated rings. The Bertz CT molecular complexity index is 1250. The van der Waals surface area contributed by atoms with Gasteiger partial charge in [0, 0.05) is 24.7 Å². The molecule has 2 aromatic carbocycles. The minimum Gasteiger partial charge on any atom is -0.376 e. The van der Waals surface area contributed by atoms with Crippen LogP contribution in [0, 0.1) is 0 Å². The Labute approximate surface area is 156 Å². The first-order chi connectivity index (χ1) is 13.1. The van der Waals surface area contributed by atoms with Gasteiger partial charge in [0.1, 0.15) is 5.39 Å². The van der Waals surface area contributed by atoms with Crippen molar-refractivity contribution < 1.29 is 4.74 Å². The van der Waals surface area contributed by atoms with Crippen LogP contribution in [0.25, 0.3) is 27.5 Å². The molecule has 0 bridgehead atoms. The van der Waals surface area contributed by atoms with Crippen molar-refractivity contribution in [3.05, 3.63) is 86.9 Å². The number of aromatic nitrogens is 2. The number of benzene rings is 2. The van der Waals surface area contributed by atoms with Gasteiger partial charge in [-0.3, -0.25) is 14.2 Å². The molecule has 2 aromatic heterocycles. The number of fused-ring (bicyclic) bond motifs is 2. The second kappa shape index (κ2) is 6.85. The van der Waals surface area contributed by atoms with E-state index in [0.717, 1.165) is 5.52 Å². The molecule has 2 heterocycles. The summed E-state index contributed by atoms with van der Waals surface area (Å²) in [5.41, 5.74) is 2.29. The molecule has 0 radical (unpaired) electrons. The van der Waals surface area contributed by atoms with Crippen LogP contribution >= 0.6 is 0 Å². The first-order valence-electron chi connectivity index (χ1n) is 8.93. The van der Waals surface area contributed by atoms with Crippen LogP contribution < -0.4 is 11.0 Å². The number of nitrogens with zero attached hydrogens (tertiary/aromatic N) is 2. The van der Waals surface area contributed by atoms with E-state index in [1.807, 2.05) is 73.1 Å². The molecule has 0 saturated heterocycles. The summed E-state index contributed by atoms with van der Waals surface area (Å²) in [6.07, 6.45) is 0. The van der Waals surface area contributed by atoms with Crippen molar-refractivity contribution in [2.75, 3.05) is 6.61 Å². The highest BCUT2D eigenvalue weighted by Gasteiger charge is 2.17. The summed E-state index contributed by atoms with van der Waals surface area (Å²) in [5, 5.41) is 0.738. The molecule has 0 N–H and O–H groups in total. The summed E-state index contributed by atoms with van der Waals surface area (Å²) in [4.78, 5) is 26.5. The van der Waals surface area contributed by atoms with E-state index in [4.69, 9.17) is 4.74 Å². The van der Waals surface area contributed by atoms with Gasteiger partial charge in [-0.1, -0.05) is 30.3 Å². The van der Waals surface area contributed by atoms with Crippen molar-refractivity contribution >= 4 is 21.8 Å². The van der Waals surface area contributed by atoms with E-state index in [-0.39, 0.29) is 23.0 Å². The fourth-order valence-corrected chi connectivity index (χ4v) is 3.52. The molecule has 0 spiro atoms. The Morgan fingerprint density at radius 3 is 2.37 bits per heavy atom. The summed E-state index contributed by atoms with van der Waals surface area (Å²) in [6, 6.07) is 18.6. The Morgan fingerprint density at radius 2 is 1.63 bits per heavy atom. The molecule has 0 aliphatic rings. The zero-order valence-electron chi connectivity index (χ0n) is 15.3. The fourth-order valence-electron chi connectivity index (χ4n) is 3.52. The molecular weight excluding hydrogens is 340 g/mol. The SMILES string of the molecule is CCOCc1cc2c(c(=O)c3ccccc3n2C)c(=O)n1-c1ccccc1. The fraction of sp³-hybridized carbons (Fsp3) is 0.182. The number of pyridine rings is 2. The van der Waals surface area contributed by atoms with Gasteiger partial charge in [0.05, 0.1) is 23.3 Å². The maximum Gasteiger partial charge on any atom is 0.268 e. The maximum atomic E-state index is 13.4. The lowest BCUT2D eigenvalue weighted by atomic mass is 10.1. The van der Waals surface area contributed by atoms with Crippen molar-refractivity contribution in [2.45, 2.75) is 13.5 Å². The Kier molecular flexibility index (Phi) is 4.38. The maximum absolute atomic E-state index is 13.4. The third-order valence-electron chi connectivity index (χ3n) is 4.83. The highest BCUT2D eigenvalue weighted by Crippen LogP contribution is 2.19. The molecule has 4 aromatic rings. The summed E-state index contributed by atoms with van der Waals surface area (Å²) >= 11 is 0. The summed E-state index contributed by atoms with van der Waals surface area (Å²) in [5.74, 6) is 0.